The molecule has 0 aromatic rings. The lowest BCUT2D eigenvalue weighted by Crippen LogP contribution is -2.57. The Kier molecular flexibility index (Phi) is 7.69. The normalized spacial score (nSPS) is 21.1. The Morgan fingerprint density at radius 1 is 1.08 bits per heavy atom. The average molecular weight is 388 g/mol. The van der Waals surface area contributed by atoms with Gasteiger partial charge in [0.2, 0.25) is 5.91 Å². The summed E-state index contributed by atoms with van der Waals surface area (Å²) in [6, 6.07) is -0.0834. The molecule has 150 valence electrons. The van der Waals surface area contributed by atoms with E-state index in [1.807, 2.05) is 11.8 Å². The summed E-state index contributed by atoms with van der Waals surface area (Å²) in [5, 5.41) is 3.14. The molecular formula is C17H33N5O3S. The van der Waals surface area contributed by atoms with Gasteiger partial charge in [0.15, 0.2) is 15.8 Å². The van der Waals surface area contributed by atoms with Crippen molar-refractivity contribution in [2.45, 2.75) is 32.7 Å². The lowest BCUT2D eigenvalue weighted by atomic mass is 10.2. The van der Waals surface area contributed by atoms with E-state index in [2.05, 4.69) is 20.1 Å². The molecule has 2 heterocycles. The number of guanidine groups is 1. The minimum atomic E-state index is -2.98. The Hall–Kier alpha value is -1.35. The Bertz CT molecular complexity index is 594. The highest BCUT2D eigenvalue weighted by Gasteiger charge is 2.30. The maximum absolute atomic E-state index is 12.6. The zero-order valence-corrected chi connectivity index (χ0v) is 17.1. The lowest BCUT2D eigenvalue weighted by Gasteiger charge is -2.39. The number of carbonyl (C=O) groups excluding carboxylic acids is 1. The van der Waals surface area contributed by atoms with Gasteiger partial charge in [-0.2, -0.15) is 0 Å². The van der Waals surface area contributed by atoms with Crippen molar-refractivity contribution >= 4 is 21.7 Å². The van der Waals surface area contributed by atoms with Crippen LogP contribution in [0.1, 0.15) is 26.7 Å². The molecule has 1 unspecified atom stereocenters. The highest BCUT2D eigenvalue weighted by Crippen LogP contribution is 2.14. The summed E-state index contributed by atoms with van der Waals surface area (Å²) in [5.41, 5.74) is 0. The molecule has 1 N–H and O–H groups in total. The van der Waals surface area contributed by atoms with E-state index < -0.39 is 9.84 Å². The summed E-state index contributed by atoms with van der Waals surface area (Å²) in [4.78, 5) is 23.2. The molecule has 0 bridgehead atoms. The second-order valence-electron chi connectivity index (χ2n) is 6.94. The molecule has 0 radical (unpaired) electrons. The number of piperazine rings is 1. The van der Waals surface area contributed by atoms with Gasteiger partial charge in [-0.15, -0.1) is 0 Å². The van der Waals surface area contributed by atoms with E-state index in [4.69, 9.17) is 0 Å². The van der Waals surface area contributed by atoms with Crippen LogP contribution in [-0.4, -0.2) is 105 Å². The van der Waals surface area contributed by atoms with Crippen LogP contribution >= 0.6 is 0 Å². The van der Waals surface area contributed by atoms with Gasteiger partial charge < -0.3 is 15.1 Å². The summed E-state index contributed by atoms with van der Waals surface area (Å²) in [6.45, 7) is 8.96. The van der Waals surface area contributed by atoms with E-state index in [1.54, 1.807) is 14.0 Å². The van der Waals surface area contributed by atoms with Crippen LogP contribution in [0.25, 0.3) is 0 Å². The smallest absolute Gasteiger partial charge is 0.239 e. The van der Waals surface area contributed by atoms with Gasteiger partial charge in [-0.1, -0.05) is 6.92 Å². The van der Waals surface area contributed by atoms with Gasteiger partial charge in [0.1, 0.15) is 0 Å². The van der Waals surface area contributed by atoms with E-state index in [9.17, 15) is 13.2 Å². The zero-order valence-electron chi connectivity index (χ0n) is 16.3. The maximum atomic E-state index is 12.6. The van der Waals surface area contributed by atoms with Crippen molar-refractivity contribution in [2.24, 2.45) is 4.99 Å². The Balaban J connectivity index is 1.79. The number of nitrogens with one attached hydrogen (secondary N) is 1. The molecule has 0 spiro atoms. The quantitative estimate of drug-likeness (QED) is 0.494. The van der Waals surface area contributed by atoms with Crippen molar-refractivity contribution in [3.05, 3.63) is 0 Å². The van der Waals surface area contributed by atoms with Crippen LogP contribution in [0.3, 0.4) is 0 Å². The summed E-state index contributed by atoms with van der Waals surface area (Å²) < 4.78 is 23.2. The zero-order chi connectivity index (χ0) is 19.2. The maximum Gasteiger partial charge on any atom is 0.239 e. The van der Waals surface area contributed by atoms with Crippen molar-refractivity contribution in [2.75, 3.05) is 64.4 Å². The number of hydrogen-bond donors (Lipinski definition) is 1. The van der Waals surface area contributed by atoms with Crippen LogP contribution in [0.4, 0.5) is 0 Å². The van der Waals surface area contributed by atoms with Gasteiger partial charge in [-0.05, 0) is 19.8 Å². The topological polar surface area (TPSA) is 85.3 Å². The monoisotopic (exact) mass is 387 g/mol. The van der Waals surface area contributed by atoms with Gasteiger partial charge in [-0.3, -0.25) is 14.7 Å². The molecule has 2 aliphatic heterocycles. The van der Waals surface area contributed by atoms with Crippen LogP contribution < -0.4 is 5.32 Å². The van der Waals surface area contributed by atoms with Gasteiger partial charge in [0.25, 0.3) is 0 Å². The standard InChI is InChI=1S/C17H33N5O3S/c1-4-26(24,25)14-7-19-17(18-3)22-12-10-20(11-13-22)15(2)16(23)21-8-5-6-9-21/h15H,4-14H2,1-3H3,(H,18,19). The largest absolute Gasteiger partial charge is 0.355 e. The Labute approximate surface area is 157 Å². The molecule has 2 aliphatic rings. The van der Waals surface area contributed by atoms with E-state index in [1.165, 1.54) is 0 Å². The van der Waals surface area contributed by atoms with Gasteiger partial charge in [0, 0.05) is 58.6 Å². The highest BCUT2D eigenvalue weighted by molar-refractivity contribution is 7.91. The second kappa shape index (κ2) is 9.55. The minimum absolute atomic E-state index is 0.0834. The molecule has 2 saturated heterocycles. The Morgan fingerprint density at radius 2 is 1.69 bits per heavy atom. The lowest BCUT2D eigenvalue weighted by molar-refractivity contribution is -0.135. The molecular weight excluding hydrogens is 354 g/mol. The first-order valence-electron chi connectivity index (χ1n) is 9.57. The van der Waals surface area contributed by atoms with Crippen LogP contribution in [0.5, 0.6) is 0 Å². The molecule has 0 aromatic heterocycles. The first kappa shape index (κ1) is 21.0. The minimum Gasteiger partial charge on any atom is -0.355 e. The highest BCUT2D eigenvalue weighted by atomic mass is 32.2. The third kappa shape index (κ3) is 5.57. The van der Waals surface area contributed by atoms with Crippen molar-refractivity contribution in [3.63, 3.8) is 0 Å². The van der Waals surface area contributed by atoms with Crippen LogP contribution in [0.15, 0.2) is 4.99 Å². The summed E-state index contributed by atoms with van der Waals surface area (Å²) in [5.74, 6) is 1.25. The molecule has 0 aliphatic carbocycles. The van der Waals surface area contributed by atoms with Gasteiger partial charge in [0.05, 0.1) is 11.8 Å². The van der Waals surface area contributed by atoms with Crippen molar-refractivity contribution in [1.29, 1.82) is 0 Å². The van der Waals surface area contributed by atoms with E-state index >= 15 is 0 Å². The fourth-order valence-electron chi connectivity index (χ4n) is 3.47. The first-order chi connectivity index (χ1) is 12.4. The average Bonchev–Trinajstić information content (AvgIpc) is 3.19. The number of likely N-dealkylation sites (tertiary alicyclic amines) is 1. The summed E-state index contributed by atoms with van der Waals surface area (Å²) in [6.07, 6.45) is 2.23. The van der Waals surface area contributed by atoms with E-state index in [-0.39, 0.29) is 23.5 Å². The number of aliphatic imine (C=N–C) groups is 1. The molecule has 0 saturated carbocycles. The summed E-state index contributed by atoms with van der Waals surface area (Å²) >= 11 is 0. The third-order valence-corrected chi connectivity index (χ3v) is 6.99. The van der Waals surface area contributed by atoms with Gasteiger partial charge in [-0.25, -0.2) is 8.42 Å². The second-order valence-corrected chi connectivity index (χ2v) is 9.41. The molecule has 1 atom stereocenters. The molecule has 1 amide bonds. The number of rotatable bonds is 6. The van der Waals surface area contributed by atoms with Crippen LogP contribution in [-0.2, 0) is 14.6 Å². The predicted molar refractivity (Wildman–Crippen MR) is 104 cm³/mol. The van der Waals surface area contributed by atoms with E-state index in [0.717, 1.165) is 58.1 Å². The molecule has 8 nitrogen and oxygen atoms in total. The van der Waals surface area contributed by atoms with Crippen LogP contribution in [0, 0.1) is 0 Å². The Morgan fingerprint density at radius 3 is 2.23 bits per heavy atom. The van der Waals surface area contributed by atoms with Crippen molar-refractivity contribution < 1.29 is 13.2 Å². The number of hydrogen-bond acceptors (Lipinski definition) is 5. The number of amides is 1. The number of nitrogens with zero attached hydrogens (tertiary/aromatic N) is 4. The fraction of sp³-hybridized carbons (Fsp3) is 0.882. The fourth-order valence-corrected chi connectivity index (χ4v) is 4.18. The predicted octanol–water partition coefficient (Wildman–Crippen LogP) is -0.375. The van der Waals surface area contributed by atoms with E-state index in [0.29, 0.717) is 6.54 Å². The molecule has 26 heavy (non-hydrogen) atoms. The summed E-state index contributed by atoms with van der Waals surface area (Å²) in [7, 11) is -1.27. The molecule has 2 fully saturated rings. The molecule has 2 rings (SSSR count). The third-order valence-electron chi connectivity index (χ3n) is 5.28. The first-order valence-corrected chi connectivity index (χ1v) is 11.4. The molecule has 0 aromatic carbocycles. The van der Waals surface area contributed by atoms with Crippen molar-refractivity contribution in [3.8, 4) is 0 Å². The number of carbonyl (C=O) groups is 1. The molecule has 9 heteroatoms. The van der Waals surface area contributed by atoms with Crippen LogP contribution in [0.2, 0.25) is 0 Å². The number of sulfone groups is 1. The van der Waals surface area contributed by atoms with Crippen molar-refractivity contribution in [1.82, 2.24) is 20.0 Å². The van der Waals surface area contributed by atoms with Gasteiger partial charge >= 0.3 is 0 Å². The SMILES string of the molecule is CCS(=O)(=O)CCNC(=NC)N1CCN(C(C)C(=O)N2CCCC2)CC1.